The van der Waals surface area contributed by atoms with Gasteiger partial charge in [0.1, 0.15) is 0 Å². The summed E-state index contributed by atoms with van der Waals surface area (Å²) in [7, 11) is 0. The van der Waals surface area contributed by atoms with Crippen LogP contribution in [0.25, 0.3) is 0 Å². The summed E-state index contributed by atoms with van der Waals surface area (Å²) in [5.74, 6) is 0.0573. The summed E-state index contributed by atoms with van der Waals surface area (Å²) in [6.07, 6.45) is 2.72. The van der Waals surface area contributed by atoms with Crippen molar-refractivity contribution in [2.45, 2.75) is 26.2 Å². The molecule has 0 N–H and O–H groups in total. The summed E-state index contributed by atoms with van der Waals surface area (Å²) < 4.78 is 0. The zero-order valence-corrected chi connectivity index (χ0v) is 8.15. The van der Waals surface area contributed by atoms with Gasteiger partial charge in [0.2, 0.25) is 0 Å². The first-order valence-electron chi connectivity index (χ1n) is 2.62. The molecule has 0 aromatic carbocycles. The van der Waals surface area contributed by atoms with Gasteiger partial charge >= 0.3 is 0 Å². The molecule has 0 heterocycles. The van der Waals surface area contributed by atoms with Crippen molar-refractivity contribution in [1.29, 1.82) is 0 Å². The number of hydrogen-bond acceptors (Lipinski definition) is 1. The van der Waals surface area contributed by atoms with Gasteiger partial charge in [0.15, 0.2) is 0 Å². The van der Waals surface area contributed by atoms with Crippen LogP contribution >= 0.6 is 0 Å². The van der Waals surface area contributed by atoms with Gasteiger partial charge in [-0.2, -0.15) is 0 Å². The van der Waals surface area contributed by atoms with E-state index in [2.05, 4.69) is 13.8 Å². The fourth-order valence-corrected chi connectivity index (χ4v) is 0.374. The van der Waals surface area contributed by atoms with Crippen LogP contribution in [-0.2, 0) is 37.5 Å². The average Bonchev–Trinajstić information content (AvgIpc) is 1.61. The third-order valence-electron chi connectivity index (χ3n) is 0.809. The van der Waals surface area contributed by atoms with Crippen molar-refractivity contribution in [1.82, 2.24) is 0 Å². The van der Waals surface area contributed by atoms with Crippen LogP contribution in [0.15, 0.2) is 0 Å². The van der Waals surface area contributed by atoms with Crippen molar-refractivity contribution in [3.63, 3.8) is 0 Å². The van der Waals surface area contributed by atoms with Gasteiger partial charge in [0.05, 0.1) is 0 Å². The molecule has 45 valence electrons. The molecule has 2 heteroatoms. The van der Waals surface area contributed by atoms with Gasteiger partial charge in [-0.25, -0.2) is 0 Å². The minimum atomic E-state index is 0. The van der Waals surface area contributed by atoms with Crippen molar-refractivity contribution in [2.75, 3.05) is 0 Å². The number of ketones is 1. The van der Waals surface area contributed by atoms with Gasteiger partial charge < -0.3 is 11.7 Å². The first-order valence-corrected chi connectivity index (χ1v) is 2.62. The van der Waals surface area contributed by atoms with Crippen LogP contribution in [-0.4, -0.2) is 5.78 Å². The van der Waals surface area contributed by atoms with Gasteiger partial charge in [0.25, 0.3) is 0 Å². The second-order valence-corrected chi connectivity index (χ2v) is 1.64. The fraction of sp³-hybridized carbons (Fsp3) is 0.667. The Balaban J connectivity index is 0. The molecule has 1 nitrogen and oxygen atoms in total. The first-order chi connectivity index (χ1) is 3.27. The maximum absolute atomic E-state index is 10.1. The molecule has 0 bridgehead atoms. The molecular weight excluding hydrogens is 177 g/mol. The fourth-order valence-electron chi connectivity index (χ4n) is 0.374. The number of hydrogen-bond donors (Lipinski definition) is 0. The molecule has 0 saturated carbocycles. The molecule has 0 aromatic heterocycles. The summed E-state index contributed by atoms with van der Waals surface area (Å²) in [5, 5.41) is 0. The third-order valence-corrected chi connectivity index (χ3v) is 0.809. The Labute approximate surface area is 76.1 Å². The van der Waals surface area contributed by atoms with Crippen molar-refractivity contribution in [3.05, 3.63) is 6.92 Å². The van der Waals surface area contributed by atoms with E-state index in [4.69, 9.17) is 0 Å². The molecule has 0 aliphatic heterocycles. The summed E-state index contributed by atoms with van der Waals surface area (Å²) in [5.41, 5.74) is 0. The van der Waals surface area contributed by atoms with Crippen LogP contribution in [0.2, 0.25) is 0 Å². The first kappa shape index (κ1) is 11.4. The normalized spacial score (nSPS) is 7.62. The minimum absolute atomic E-state index is 0. The summed E-state index contributed by atoms with van der Waals surface area (Å²) in [4.78, 5) is 10.1. The van der Waals surface area contributed by atoms with E-state index in [1.165, 1.54) is 0 Å². The molecule has 0 rings (SSSR count). The van der Waals surface area contributed by atoms with E-state index < -0.39 is 0 Å². The van der Waals surface area contributed by atoms with Crippen molar-refractivity contribution in [2.24, 2.45) is 0 Å². The standard InChI is InChI=1S/C6H11O.Y/c1-3-4-5-6(2)7;/h2-5H2,1H3;/q-1;. The maximum atomic E-state index is 10.1. The van der Waals surface area contributed by atoms with E-state index in [9.17, 15) is 4.79 Å². The van der Waals surface area contributed by atoms with Crippen LogP contribution < -0.4 is 0 Å². The predicted octanol–water partition coefficient (Wildman–Crippen LogP) is 1.58. The van der Waals surface area contributed by atoms with Gasteiger partial charge in [-0.1, -0.05) is 13.3 Å². The van der Waals surface area contributed by atoms with Crippen LogP contribution in [0.4, 0.5) is 0 Å². The quantitative estimate of drug-likeness (QED) is 0.614. The Morgan fingerprint density at radius 1 is 1.62 bits per heavy atom. The maximum Gasteiger partial charge on any atom is 0 e. The smallest absolute Gasteiger partial charge is 0 e. The SMILES string of the molecule is [CH2-]C(=O)CCCC.[Y]. The molecule has 0 amide bonds. The second kappa shape index (κ2) is 7.64. The van der Waals surface area contributed by atoms with Gasteiger partial charge in [0, 0.05) is 32.7 Å². The molecule has 0 saturated heterocycles. The number of carbonyl (C=O) groups excluding carboxylic acids is 1. The molecule has 0 spiro atoms. The molecule has 0 unspecified atom stereocenters. The molecule has 0 atom stereocenters. The zero-order valence-electron chi connectivity index (χ0n) is 5.31. The van der Waals surface area contributed by atoms with Gasteiger partial charge in [-0.3, -0.25) is 0 Å². The van der Waals surface area contributed by atoms with E-state index in [0.29, 0.717) is 6.42 Å². The summed E-state index contributed by atoms with van der Waals surface area (Å²) in [6.45, 7) is 5.30. The largest absolute Gasteiger partial charge is 0.339 e. The van der Waals surface area contributed by atoms with Crippen LogP contribution in [0.1, 0.15) is 26.2 Å². The monoisotopic (exact) mass is 188 g/mol. The summed E-state index contributed by atoms with van der Waals surface area (Å²) in [6, 6.07) is 0. The number of Topliss-reactive ketones (excluding diaryl/α,β-unsaturated/α-hetero) is 1. The van der Waals surface area contributed by atoms with Crippen LogP contribution in [0.5, 0.6) is 0 Å². The van der Waals surface area contributed by atoms with Gasteiger partial charge in [-0.05, 0) is 18.6 Å². The Bertz CT molecular complexity index is 61.5. The Kier molecular flexibility index (Phi) is 10.9. The molecule has 0 aromatic rings. The molecule has 8 heavy (non-hydrogen) atoms. The van der Waals surface area contributed by atoms with Crippen LogP contribution in [0, 0.1) is 6.92 Å². The Morgan fingerprint density at radius 2 is 2.12 bits per heavy atom. The van der Waals surface area contributed by atoms with E-state index in [-0.39, 0.29) is 38.5 Å². The van der Waals surface area contributed by atoms with E-state index >= 15 is 0 Å². The Hall–Kier alpha value is 0.644. The van der Waals surface area contributed by atoms with Gasteiger partial charge in [-0.15, -0.1) is 0 Å². The minimum Gasteiger partial charge on any atom is -0.339 e. The molecule has 0 aliphatic rings. The van der Waals surface area contributed by atoms with Crippen molar-refractivity contribution < 1.29 is 37.5 Å². The zero-order chi connectivity index (χ0) is 5.70. The van der Waals surface area contributed by atoms with Crippen molar-refractivity contribution >= 4 is 5.78 Å². The average molecular weight is 188 g/mol. The predicted molar refractivity (Wildman–Crippen MR) is 29.9 cm³/mol. The topological polar surface area (TPSA) is 17.1 Å². The number of unbranched alkanes of at least 4 members (excludes halogenated alkanes) is 1. The molecule has 0 aliphatic carbocycles. The molecule has 1 radical (unpaired) electrons. The molecular formula is C6H11OY-. The third kappa shape index (κ3) is 9.81. The number of carbonyl (C=O) groups is 1. The van der Waals surface area contributed by atoms with E-state index in [0.717, 1.165) is 12.8 Å². The summed E-state index contributed by atoms with van der Waals surface area (Å²) >= 11 is 0. The molecule has 0 fully saturated rings. The Morgan fingerprint density at radius 3 is 2.25 bits per heavy atom. The van der Waals surface area contributed by atoms with E-state index in [1.807, 2.05) is 0 Å². The van der Waals surface area contributed by atoms with E-state index in [1.54, 1.807) is 0 Å². The van der Waals surface area contributed by atoms with Crippen LogP contribution in [0.3, 0.4) is 0 Å². The second-order valence-electron chi connectivity index (χ2n) is 1.64. The van der Waals surface area contributed by atoms with Crippen molar-refractivity contribution in [3.8, 4) is 0 Å². The number of rotatable bonds is 3.